The van der Waals surface area contributed by atoms with E-state index in [0.717, 1.165) is 17.5 Å². The maximum absolute atomic E-state index is 12.4. The van der Waals surface area contributed by atoms with E-state index >= 15 is 0 Å². The van der Waals surface area contributed by atoms with E-state index in [0.29, 0.717) is 11.7 Å². The van der Waals surface area contributed by atoms with Crippen LogP contribution in [0.25, 0.3) is 0 Å². The zero-order valence-corrected chi connectivity index (χ0v) is 14.6. The van der Waals surface area contributed by atoms with Crippen LogP contribution in [0.4, 0.5) is 0 Å². The lowest BCUT2D eigenvalue weighted by molar-refractivity contribution is 0.409. The van der Waals surface area contributed by atoms with E-state index in [2.05, 4.69) is 18.6 Å². The summed E-state index contributed by atoms with van der Waals surface area (Å²) in [6.07, 6.45) is 1.03. The second-order valence-corrected chi connectivity index (χ2v) is 7.28. The second-order valence-electron chi connectivity index (χ2n) is 5.51. The summed E-state index contributed by atoms with van der Waals surface area (Å²) in [5.41, 5.74) is 1.95. The molecule has 2 rings (SSSR count). The minimum Gasteiger partial charge on any atom is -0.496 e. The molecular weight excluding hydrogens is 310 g/mol. The zero-order chi connectivity index (χ0) is 16.9. The van der Waals surface area contributed by atoms with E-state index in [9.17, 15) is 8.42 Å². The maximum atomic E-state index is 12.4. The maximum Gasteiger partial charge on any atom is 0.240 e. The molecule has 0 aliphatic heterocycles. The molecule has 1 N–H and O–H groups in total. The molecule has 124 valence electrons. The van der Waals surface area contributed by atoms with Gasteiger partial charge in [-0.15, -0.1) is 0 Å². The minimum atomic E-state index is -3.54. The van der Waals surface area contributed by atoms with Crippen LogP contribution < -0.4 is 9.46 Å². The monoisotopic (exact) mass is 333 g/mol. The number of ether oxygens (including phenoxy) is 1. The van der Waals surface area contributed by atoms with Crippen molar-refractivity contribution in [2.24, 2.45) is 0 Å². The molecule has 0 saturated carbocycles. The Labute approximate surface area is 138 Å². The zero-order valence-electron chi connectivity index (χ0n) is 13.7. The van der Waals surface area contributed by atoms with Crippen LogP contribution in [-0.4, -0.2) is 15.5 Å². The van der Waals surface area contributed by atoms with Gasteiger partial charge in [0.25, 0.3) is 0 Å². The van der Waals surface area contributed by atoms with Crippen LogP contribution in [0.15, 0.2) is 53.4 Å². The first-order chi connectivity index (χ1) is 11.0. The Morgan fingerprint density at radius 2 is 1.74 bits per heavy atom. The number of sulfonamides is 1. The van der Waals surface area contributed by atoms with Crippen LogP contribution in [0.2, 0.25) is 0 Å². The van der Waals surface area contributed by atoms with Gasteiger partial charge in [0, 0.05) is 12.1 Å². The van der Waals surface area contributed by atoms with Crippen LogP contribution in [0.1, 0.15) is 37.3 Å². The van der Waals surface area contributed by atoms with E-state index in [1.54, 1.807) is 19.2 Å². The molecule has 0 unspecified atom stereocenters. The Balaban J connectivity index is 2.12. The van der Waals surface area contributed by atoms with Gasteiger partial charge in [-0.3, -0.25) is 0 Å². The molecule has 2 aromatic rings. The smallest absolute Gasteiger partial charge is 0.240 e. The highest BCUT2D eigenvalue weighted by atomic mass is 32.2. The second kappa shape index (κ2) is 7.62. The Bertz CT molecular complexity index is 739. The normalized spacial score (nSPS) is 12.8. The van der Waals surface area contributed by atoms with Crippen molar-refractivity contribution in [1.29, 1.82) is 0 Å². The molecule has 0 aliphatic carbocycles. The van der Waals surface area contributed by atoms with Crippen LogP contribution in [0.3, 0.4) is 0 Å². The van der Waals surface area contributed by atoms with Gasteiger partial charge in [0.15, 0.2) is 0 Å². The first kappa shape index (κ1) is 17.5. The summed E-state index contributed by atoms with van der Waals surface area (Å²) in [5, 5.41) is 0. The fourth-order valence-corrected chi connectivity index (χ4v) is 3.32. The highest BCUT2D eigenvalue weighted by Gasteiger charge is 2.15. The van der Waals surface area contributed by atoms with E-state index in [-0.39, 0.29) is 11.4 Å². The lowest BCUT2D eigenvalue weighted by Crippen LogP contribution is -2.23. The average Bonchev–Trinajstić information content (AvgIpc) is 2.59. The third-order valence-corrected chi connectivity index (χ3v) is 5.43. The summed E-state index contributed by atoms with van der Waals surface area (Å²) in [4.78, 5) is 0.277. The number of hydrogen-bond donors (Lipinski definition) is 1. The molecule has 2 aromatic carbocycles. The third-order valence-electron chi connectivity index (χ3n) is 4.02. The fourth-order valence-electron chi connectivity index (χ4n) is 2.32. The Morgan fingerprint density at radius 1 is 1.09 bits per heavy atom. The van der Waals surface area contributed by atoms with Gasteiger partial charge in [-0.25, -0.2) is 13.1 Å². The molecule has 5 heteroatoms. The van der Waals surface area contributed by atoms with Gasteiger partial charge in [0.1, 0.15) is 5.75 Å². The summed E-state index contributed by atoms with van der Waals surface area (Å²) >= 11 is 0. The quantitative estimate of drug-likeness (QED) is 0.841. The van der Waals surface area contributed by atoms with Crippen molar-refractivity contribution < 1.29 is 13.2 Å². The lowest BCUT2D eigenvalue weighted by atomic mass is 9.99. The summed E-state index contributed by atoms with van der Waals surface area (Å²) in [5.74, 6) is 1.09. The molecule has 0 aliphatic rings. The van der Waals surface area contributed by atoms with Gasteiger partial charge in [-0.1, -0.05) is 44.2 Å². The largest absolute Gasteiger partial charge is 0.496 e. The Hall–Kier alpha value is -1.85. The number of nitrogens with one attached hydrogen (secondary N) is 1. The predicted octanol–water partition coefficient (Wildman–Crippen LogP) is 3.69. The van der Waals surface area contributed by atoms with E-state index in [1.165, 1.54) is 0 Å². The molecule has 0 fully saturated rings. The number of hydrogen-bond acceptors (Lipinski definition) is 3. The summed E-state index contributed by atoms with van der Waals surface area (Å²) in [7, 11) is -1.97. The molecule has 23 heavy (non-hydrogen) atoms. The van der Waals surface area contributed by atoms with Crippen molar-refractivity contribution in [1.82, 2.24) is 4.72 Å². The highest BCUT2D eigenvalue weighted by molar-refractivity contribution is 7.89. The predicted molar refractivity (Wildman–Crippen MR) is 92.2 cm³/mol. The number of para-hydroxylation sites is 1. The third kappa shape index (κ3) is 4.33. The summed E-state index contributed by atoms with van der Waals surface area (Å²) < 4.78 is 32.7. The van der Waals surface area contributed by atoms with Gasteiger partial charge < -0.3 is 4.74 Å². The highest BCUT2D eigenvalue weighted by Crippen LogP contribution is 2.21. The topological polar surface area (TPSA) is 55.4 Å². The van der Waals surface area contributed by atoms with Gasteiger partial charge in [-0.05, 0) is 36.1 Å². The van der Waals surface area contributed by atoms with Crippen LogP contribution in [-0.2, 0) is 16.6 Å². The first-order valence-electron chi connectivity index (χ1n) is 7.69. The fraction of sp³-hybridized carbons (Fsp3) is 0.333. The molecule has 0 heterocycles. The van der Waals surface area contributed by atoms with Gasteiger partial charge >= 0.3 is 0 Å². The minimum absolute atomic E-state index is 0.194. The van der Waals surface area contributed by atoms with Gasteiger partial charge in [-0.2, -0.15) is 0 Å². The number of rotatable bonds is 7. The van der Waals surface area contributed by atoms with Crippen LogP contribution in [0, 0.1) is 0 Å². The first-order valence-corrected chi connectivity index (χ1v) is 9.17. The molecule has 0 saturated heterocycles. The van der Waals surface area contributed by atoms with Gasteiger partial charge in [0.2, 0.25) is 10.0 Å². The van der Waals surface area contributed by atoms with Crippen molar-refractivity contribution in [2.75, 3.05) is 7.11 Å². The summed E-state index contributed by atoms with van der Waals surface area (Å²) in [6, 6.07) is 14.4. The van der Waals surface area contributed by atoms with Crippen molar-refractivity contribution in [3.63, 3.8) is 0 Å². The van der Waals surface area contributed by atoms with Gasteiger partial charge in [0.05, 0.1) is 12.0 Å². The standard InChI is InChI=1S/C18H23NO3S/c1-4-14(2)15-9-11-17(12-10-15)23(20,21)19-13-16-7-5-6-8-18(16)22-3/h5-12,14,19H,4,13H2,1-3H3/t14-/m0/s1. The van der Waals surface area contributed by atoms with Crippen LogP contribution in [0.5, 0.6) is 5.75 Å². The number of benzene rings is 2. The van der Waals surface area contributed by atoms with Crippen molar-refractivity contribution in [3.05, 3.63) is 59.7 Å². The molecule has 0 amide bonds. The van der Waals surface area contributed by atoms with Crippen LogP contribution >= 0.6 is 0 Å². The van der Waals surface area contributed by atoms with E-state index < -0.39 is 10.0 Å². The number of methoxy groups -OCH3 is 1. The molecule has 1 atom stereocenters. The lowest BCUT2D eigenvalue weighted by Gasteiger charge is -2.12. The summed E-state index contributed by atoms with van der Waals surface area (Å²) in [6.45, 7) is 4.44. The average molecular weight is 333 g/mol. The molecule has 0 radical (unpaired) electrons. The Kier molecular flexibility index (Phi) is 5.80. The van der Waals surface area contributed by atoms with Crippen molar-refractivity contribution >= 4 is 10.0 Å². The molecule has 4 nitrogen and oxygen atoms in total. The van der Waals surface area contributed by atoms with Crippen molar-refractivity contribution in [2.45, 2.75) is 37.6 Å². The molecule has 0 bridgehead atoms. The van der Waals surface area contributed by atoms with E-state index in [4.69, 9.17) is 4.74 Å². The molecule has 0 aromatic heterocycles. The molecular formula is C18H23NO3S. The van der Waals surface area contributed by atoms with E-state index in [1.807, 2.05) is 36.4 Å². The molecule has 0 spiro atoms. The van der Waals surface area contributed by atoms with Crippen molar-refractivity contribution in [3.8, 4) is 5.75 Å². The Morgan fingerprint density at radius 3 is 2.35 bits per heavy atom. The SMILES string of the molecule is CC[C@H](C)c1ccc(S(=O)(=O)NCc2ccccc2OC)cc1.